The molecule has 8 heteroatoms. The van der Waals surface area contributed by atoms with Gasteiger partial charge < -0.3 is 4.42 Å². The Labute approximate surface area is 119 Å². The summed E-state index contributed by atoms with van der Waals surface area (Å²) >= 11 is 0. The SMILES string of the molecule is CN(c1cccnc1)S(=O)(=O)c1ccc2[nH]c(=O)oc2c1. The number of H-pyrrole nitrogens is 1. The van der Waals surface area contributed by atoms with Crippen molar-refractivity contribution < 1.29 is 12.8 Å². The second kappa shape index (κ2) is 4.74. The molecule has 3 aromatic rings. The molecule has 0 fully saturated rings. The Bertz CT molecular complexity index is 944. The normalized spacial score (nSPS) is 11.7. The van der Waals surface area contributed by atoms with Gasteiger partial charge in [-0.1, -0.05) is 0 Å². The van der Waals surface area contributed by atoms with Crippen molar-refractivity contribution in [1.82, 2.24) is 9.97 Å². The van der Waals surface area contributed by atoms with Gasteiger partial charge in [-0.3, -0.25) is 14.3 Å². The number of hydrogen-bond acceptors (Lipinski definition) is 5. The van der Waals surface area contributed by atoms with Crippen LogP contribution in [-0.2, 0) is 10.0 Å². The van der Waals surface area contributed by atoms with Crippen LogP contribution in [0.4, 0.5) is 5.69 Å². The van der Waals surface area contributed by atoms with E-state index in [-0.39, 0.29) is 10.5 Å². The summed E-state index contributed by atoms with van der Waals surface area (Å²) in [6.07, 6.45) is 3.01. The number of benzene rings is 1. The van der Waals surface area contributed by atoms with Crippen molar-refractivity contribution in [3.05, 3.63) is 53.3 Å². The molecule has 108 valence electrons. The van der Waals surface area contributed by atoms with Crippen molar-refractivity contribution in [2.75, 3.05) is 11.4 Å². The summed E-state index contributed by atoms with van der Waals surface area (Å²) in [7, 11) is -2.32. The minimum Gasteiger partial charge on any atom is -0.408 e. The van der Waals surface area contributed by atoms with Crippen LogP contribution in [0.15, 0.2) is 56.8 Å². The zero-order chi connectivity index (χ0) is 15.0. The average Bonchev–Trinajstić information content (AvgIpc) is 2.86. The Morgan fingerprint density at radius 1 is 1.29 bits per heavy atom. The fourth-order valence-corrected chi connectivity index (χ4v) is 3.12. The van der Waals surface area contributed by atoms with Crippen LogP contribution < -0.4 is 10.1 Å². The number of aromatic nitrogens is 2. The Kier molecular flexibility index (Phi) is 3.02. The zero-order valence-corrected chi connectivity index (χ0v) is 11.8. The van der Waals surface area contributed by atoms with Gasteiger partial charge in [-0.25, -0.2) is 13.2 Å². The highest BCUT2D eigenvalue weighted by Crippen LogP contribution is 2.23. The van der Waals surface area contributed by atoms with Crippen LogP contribution in [0.1, 0.15) is 0 Å². The summed E-state index contributed by atoms with van der Waals surface area (Å²) in [5.74, 6) is -0.625. The first-order chi connectivity index (χ1) is 9.98. The van der Waals surface area contributed by atoms with Gasteiger partial charge in [0.25, 0.3) is 10.0 Å². The summed E-state index contributed by atoms with van der Waals surface area (Å²) in [4.78, 5) is 17.5. The van der Waals surface area contributed by atoms with Gasteiger partial charge in [0.2, 0.25) is 0 Å². The van der Waals surface area contributed by atoms with Gasteiger partial charge in [-0.05, 0) is 24.3 Å². The van der Waals surface area contributed by atoms with Crippen molar-refractivity contribution in [2.45, 2.75) is 4.90 Å². The standard InChI is InChI=1S/C13H11N3O4S/c1-16(9-3-2-6-14-8-9)21(18,19)10-4-5-11-12(7-10)20-13(17)15-11/h2-8H,1H3,(H,15,17). The summed E-state index contributed by atoms with van der Waals surface area (Å²) in [5, 5.41) is 0. The summed E-state index contributed by atoms with van der Waals surface area (Å²) in [5.41, 5.74) is 1.08. The number of anilines is 1. The van der Waals surface area contributed by atoms with Gasteiger partial charge in [-0.15, -0.1) is 0 Å². The van der Waals surface area contributed by atoms with E-state index < -0.39 is 15.8 Å². The fraction of sp³-hybridized carbons (Fsp3) is 0.0769. The van der Waals surface area contributed by atoms with Crippen molar-refractivity contribution in [2.24, 2.45) is 0 Å². The number of rotatable bonds is 3. The molecule has 0 radical (unpaired) electrons. The quantitative estimate of drug-likeness (QED) is 0.787. The molecule has 0 saturated heterocycles. The molecular formula is C13H11N3O4S. The molecule has 0 atom stereocenters. The second-order valence-electron chi connectivity index (χ2n) is 4.36. The lowest BCUT2D eigenvalue weighted by atomic mass is 10.3. The molecule has 0 bridgehead atoms. The molecule has 3 rings (SSSR count). The molecule has 0 aliphatic carbocycles. The van der Waals surface area contributed by atoms with E-state index in [1.807, 2.05) is 0 Å². The number of aromatic amines is 1. The summed E-state index contributed by atoms with van der Waals surface area (Å²) < 4.78 is 31.1. The van der Waals surface area contributed by atoms with E-state index in [2.05, 4.69) is 9.97 Å². The first-order valence-corrected chi connectivity index (χ1v) is 7.44. The molecule has 0 aliphatic rings. The Balaban J connectivity index is 2.09. The van der Waals surface area contributed by atoms with Crippen molar-refractivity contribution >= 4 is 26.8 Å². The predicted molar refractivity (Wildman–Crippen MR) is 76.7 cm³/mol. The third kappa shape index (κ3) is 2.29. The molecule has 0 amide bonds. The number of sulfonamides is 1. The van der Waals surface area contributed by atoms with Crippen LogP contribution in [-0.4, -0.2) is 25.4 Å². The van der Waals surface area contributed by atoms with Gasteiger partial charge in [0.05, 0.1) is 22.3 Å². The smallest absolute Gasteiger partial charge is 0.408 e. The highest BCUT2D eigenvalue weighted by atomic mass is 32.2. The van der Waals surface area contributed by atoms with Crippen LogP contribution in [0.5, 0.6) is 0 Å². The van der Waals surface area contributed by atoms with Gasteiger partial charge in [-0.2, -0.15) is 0 Å². The fourth-order valence-electron chi connectivity index (χ4n) is 1.92. The Morgan fingerprint density at radius 2 is 2.10 bits per heavy atom. The molecule has 7 nitrogen and oxygen atoms in total. The van der Waals surface area contributed by atoms with Crippen LogP contribution >= 0.6 is 0 Å². The maximum atomic E-state index is 12.6. The van der Waals surface area contributed by atoms with E-state index in [0.29, 0.717) is 11.2 Å². The number of hydrogen-bond donors (Lipinski definition) is 1. The minimum absolute atomic E-state index is 0.0316. The average molecular weight is 305 g/mol. The van der Waals surface area contributed by atoms with Gasteiger partial charge in [0, 0.05) is 19.3 Å². The zero-order valence-electron chi connectivity index (χ0n) is 11.0. The number of oxazole rings is 1. The van der Waals surface area contributed by atoms with E-state index in [4.69, 9.17) is 4.42 Å². The molecule has 2 aromatic heterocycles. The van der Waals surface area contributed by atoms with Crippen molar-refractivity contribution in [3.8, 4) is 0 Å². The lowest BCUT2D eigenvalue weighted by Gasteiger charge is -2.18. The van der Waals surface area contributed by atoms with Gasteiger partial charge >= 0.3 is 5.76 Å². The lowest BCUT2D eigenvalue weighted by molar-refractivity contribution is 0.554. The highest BCUT2D eigenvalue weighted by molar-refractivity contribution is 7.92. The maximum absolute atomic E-state index is 12.6. The molecule has 0 saturated carbocycles. The maximum Gasteiger partial charge on any atom is 0.417 e. The van der Waals surface area contributed by atoms with Crippen molar-refractivity contribution in [3.63, 3.8) is 0 Å². The van der Waals surface area contributed by atoms with E-state index in [1.54, 1.807) is 18.3 Å². The van der Waals surface area contributed by atoms with Gasteiger partial charge in [0.15, 0.2) is 5.58 Å². The molecule has 0 unspecified atom stereocenters. The molecule has 1 N–H and O–H groups in total. The third-order valence-corrected chi connectivity index (χ3v) is 4.84. The first kappa shape index (κ1) is 13.4. The van der Waals surface area contributed by atoms with Crippen LogP contribution in [0.3, 0.4) is 0 Å². The van der Waals surface area contributed by atoms with E-state index in [1.165, 1.54) is 31.4 Å². The molecule has 1 aromatic carbocycles. The van der Waals surface area contributed by atoms with Crippen molar-refractivity contribution in [1.29, 1.82) is 0 Å². The summed E-state index contributed by atoms with van der Waals surface area (Å²) in [6, 6.07) is 7.50. The Morgan fingerprint density at radius 3 is 2.81 bits per heavy atom. The number of nitrogens with one attached hydrogen (secondary N) is 1. The van der Waals surface area contributed by atoms with E-state index in [0.717, 1.165) is 4.31 Å². The number of pyridine rings is 1. The molecule has 2 heterocycles. The molecule has 21 heavy (non-hydrogen) atoms. The minimum atomic E-state index is -3.76. The predicted octanol–water partition coefficient (Wildman–Crippen LogP) is 1.34. The monoisotopic (exact) mass is 305 g/mol. The van der Waals surface area contributed by atoms with Crippen LogP contribution in [0.25, 0.3) is 11.1 Å². The molecule has 0 spiro atoms. The van der Waals surface area contributed by atoms with Crippen LogP contribution in [0, 0.1) is 0 Å². The number of fused-ring (bicyclic) bond motifs is 1. The molecule has 0 aliphatic heterocycles. The summed E-state index contributed by atoms with van der Waals surface area (Å²) in [6.45, 7) is 0. The highest BCUT2D eigenvalue weighted by Gasteiger charge is 2.22. The first-order valence-electron chi connectivity index (χ1n) is 6.00. The second-order valence-corrected chi connectivity index (χ2v) is 6.33. The van der Waals surface area contributed by atoms with Gasteiger partial charge in [0.1, 0.15) is 0 Å². The largest absolute Gasteiger partial charge is 0.417 e. The third-order valence-electron chi connectivity index (χ3n) is 3.06. The van der Waals surface area contributed by atoms with E-state index in [9.17, 15) is 13.2 Å². The van der Waals surface area contributed by atoms with Crippen LogP contribution in [0.2, 0.25) is 0 Å². The molecular weight excluding hydrogens is 294 g/mol. The number of nitrogens with zero attached hydrogens (tertiary/aromatic N) is 2. The van der Waals surface area contributed by atoms with E-state index >= 15 is 0 Å². The lowest BCUT2D eigenvalue weighted by Crippen LogP contribution is -2.26. The topological polar surface area (TPSA) is 96.3 Å². The Hall–Kier alpha value is -2.61.